The molecule has 4 aromatic heterocycles. The summed E-state index contributed by atoms with van der Waals surface area (Å²) in [6, 6.07) is 143. The Morgan fingerprint density at radius 2 is 0.514 bits per heavy atom. The molecule has 4 aliphatic rings. The van der Waals surface area contributed by atoms with Gasteiger partial charge < -0.3 is 27.1 Å². The summed E-state index contributed by atoms with van der Waals surface area (Å²) in [6.07, 6.45) is 0. The molecule has 6 heterocycles. The molecular formula is C138H120O6. The highest BCUT2D eigenvalue weighted by molar-refractivity contribution is 6.21. The van der Waals surface area contributed by atoms with E-state index >= 15 is 0 Å². The van der Waals surface area contributed by atoms with Gasteiger partial charge in [0.25, 0.3) is 0 Å². The molecule has 0 radical (unpaired) electrons. The monoisotopic (exact) mass is 1870 g/mol. The van der Waals surface area contributed by atoms with Crippen molar-refractivity contribution >= 4 is 131 Å². The Kier molecular flexibility index (Phi) is 22.1. The summed E-state index contributed by atoms with van der Waals surface area (Å²) in [6.45, 7) is 40.5. The van der Waals surface area contributed by atoms with Crippen molar-refractivity contribution in [3.05, 3.63) is 478 Å². The normalized spacial score (nSPS) is 13.6. The molecule has 0 unspecified atom stereocenters. The van der Waals surface area contributed by atoms with Gasteiger partial charge in [-0.25, -0.2) is 0 Å². The van der Waals surface area contributed by atoms with Crippen molar-refractivity contribution < 1.29 is 27.1 Å². The highest BCUT2D eigenvalue weighted by Gasteiger charge is 2.54. The van der Waals surface area contributed by atoms with Crippen LogP contribution in [0.4, 0.5) is 0 Å². The first-order chi connectivity index (χ1) is 69.2. The van der Waals surface area contributed by atoms with Crippen LogP contribution in [0.2, 0.25) is 0 Å². The molecule has 2 aliphatic heterocycles. The largest absolute Gasteiger partial charge is 0.457 e. The van der Waals surface area contributed by atoms with Crippen LogP contribution in [0.5, 0.6) is 23.0 Å². The van der Waals surface area contributed by atoms with E-state index in [9.17, 15) is 0 Å². The third-order valence-corrected chi connectivity index (χ3v) is 30.2. The van der Waals surface area contributed by atoms with Crippen LogP contribution in [0.15, 0.2) is 418 Å². The zero-order chi connectivity index (χ0) is 99.5. The van der Waals surface area contributed by atoms with Crippen molar-refractivity contribution in [1.29, 1.82) is 0 Å². The van der Waals surface area contributed by atoms with Crippen LogP contribution in [-0.2, 0) is 43.3 Å². The minimum atomic E-state index is -0.468. The molecule has 0 fully saturated rings. The number of fused-ring (bicyclic) bond motifs is 38. The smallest absolute Gasteiger partial charge is 0.140 e. The fraction of sp³-hybridized carbons (Fsp3) is 0.188. The molecule has 0 saturated carbocycles. The molecule has 0 bridgehead atoms. The molecular weight excluding hydrogens is 1750 g/mol. The van der Waals surface area contributed by atoms with Crippen LogP contribution < -0.4 is 9.47 Å². The Hall–Kier alpha value is -15.8. The number of hydrogen-bond donors (Lipinski definition) is 0. The zero-order valence-corrected chi connectivity index (χ0v) is 85.6. The van der Waals surface area contributed by atoms with Gasteiger partial charge in [-0.3, -0.25) is 0 Å². The van der Waals surface area contributed by atoms with E-state index in [2.05, 4.69) is 495 Å². The first-order valence-corrected chi connectivity index (χ1v) is 50.8. The van der Waals surface area contributed by atoms with Crippen LogP contribution in [0.3, 0.4) is 0 Å². The summed E-state index contributed by atoms with van der Waals surface area (Å²) in [5.74, 6) is 3.83. The second kappa shape index (κ2) is 34.6. The topological polar surface area (TPSA) is 71.0 Å². The predicted octanol–water partition coefficient (Wildman–Crippen LogP) is 39.1. The van der Waals surface area contributed by atoms with Crippen molar-refractivity contribution in [3.8, 4) is 45.3 Å². The highest BCUT2D eigenvalue weighted by Crippen LogP contribution is 2.66. The first-order valence-electron chi connectivity index (χ1n) is 50.8. The first kappa shape index (κ1) is 92.0. The van der Waals surface area contributed by atoms with Gasteiger partial charge in [0.2, 0.25) is 0 Å². The summed E-state index contributed by atoms with van der Waals surface area (Å²) in [5, 5.41) is 19.5. The molecule has 0 N–H and O–H groups in total. The Bertz CT molecular complexity index is 9090. The number of ether oxygens (including phenoxy) is 2. The Morgan fingerprint density at radius 3 is 1.03 bits per heavy atom. The van der Waals surface area contributed by atoms with E-state index in [1.165, 1.54) is 176 Å². The van der Waals surface area contributed by atoms with Crippen LogP contribution >= 0.6 is 0 Å². The number of hydrogen-bond acceptors (Lipinski definition) is 6. The second-order valence-electron chi connectivity index (χ2n) is 45.6. The molecule has 20 aromatic carbocycles. The molecule has 0 saturated heterocycles. The molecule has 2 spiro atoms. The van der Waals surface area contributed by atoms with Crippen LogP contribution in [0, 0.1) is 0 Å². The second-order valence-corrected chi connectivity index (χ2v) is 45.6. The van der Waals surface area contributed by atoms with E-state index in [4.69, 9.17) is 27.1 Å². The fourth-order valence-corrected chi connectivity index (χ4v) is 23.0. The molecule has 6 nitrogen and oxygen atoms in total. The maximum Gasteiger partial charge on any atom is 0.140 e. The summed E-state index contributed by atoms with van der Waals surface area (Å²) in [7, 11) is 0. The molecule has 0 atom stereocenters. The maximum absolute atomic E-state index is 7.02. The van der Waals surface area contributed by atoms with E-state index in [1.807, 2.05) is 30.3 Å². The van der Waals surface area contributed by atoms with Crippen molar-refractivity contribution in [1.82, 2.24) is 0 Å². The predicted molar refractivity (Wildman–Crippen MR) is 605 cm³/mol. The average molecular weight is 1870 g/mol. The van der Waals surface area contributed by atoms with Gasteiger partial charge in [-0.2, -0.15) is 0 Å². The lowest BCUT2D eigenvalue weighted by Gasteiger charge is -2.40. The summed E-state index contributed by atoms with van der Waals surface area (Å²) >= 11 is 0. The molecule has 0 amide bonds. The number of rotatable bonds is 0. The third-order valence-electron chi connectivity index (χ3n) is 30.2. The van der Waals surface area contributed by atoms with Gasteiger partial charge in [-0.05, 0) is 181 Å². The number of benzene rings is 20. The summed E-state index contributed by atoms with van der Waals surface area (Å²) < 4.78 is 37.7. The van der Waals surface area contributed by atoms with Crippen molar-refractivity contribution in [2.45, 2.75) is 168 Å². The SMILES string of the molecule is CC(C)(C)c1cc2ccccc2c2c1oc1ccccc12.CC(C)(C)c1ccc2c(c1)C1(c3ccccc3-2)c2ccc3ccccc3c2Oc2c1ccc1ccccc21.CC(C)(C)c1ccc2c(c1)C1(c3ccccc3Oc3ccccc31)c1ccccc1-2.CC(C)(C)c1ccc2oc3ccccc3c2c1.CC(C)(C)c1cccc2c1oc1ccc3ccccc3c12.CC(C)(C)c1cccc2c1oc1ccccc12. The van der Waals surface area contributed by atoms with E-state index in [0.29, 0.717) is 0 Å². The van der Waals surface area contributed by atoms with Gasteiger partial charge >= 0.3 is 0 Å². The summed E-state index contributed by atoms with van der Waals surface area (Å²) in [4.78, 5) is 0. The van der Waals surface area contributed by atoms with Crippen LogP contribution in [0.25, 0.3) is 153 Å². The van der Waals surface area contributed by atoms with Crippen molar-refractivity contribution in [2.24, 2.45) is 0 Å². The minimum Gasteiger partial charge on any atom is -0.457 e. The molecule has 144 heavy (non-hydrogen) atoms. The van der Waals surface area contributed by atoms with E-state index < -0.39 is 5.41 Å². The van der Waals surface area contributed by atoms with Gasteiger partial charge in [0.1, 0.15) is 67.7 Å². The molecule has 708 valence electrons. The quantitative estimate of drug-likeness (QED) is 0.151. The van der Waals surface area contributed by atoms with Gasteiger partial charge in [-0.15, -0.1) is 0 Å². The lowest BCUT2D eigenvalue weighted by atomic mass is 9.65. The van der Waals surface area contributed by atoms with Crippen LogP contribution in [0.1, 0.15) is 203 Å². The van der Waals surface area contributed by atoms with Gasteiger partial charge in [0.05, 0.1) is 10.8 Å². The lowest BCUT2D eigenvalue weighted by Crippen LogP contribution is -2.32. The van der Waals surface area contributed by atoms with Gasteiger partial charge in [0, 0.05) is 92.8 Å². The van der Waals surface area contributed by atoms with Crippen LogP contribution in [-0.4, -0.2) is 0 Å². The third kappa shape index (κ3) is 15.3. The zero-order valence-electron chi connectivity index (χ0n) is 85.6. The van der Waals surface area contributed by atoms with E-state index in [1.54, 1.807) is 0 Å². The van der Waals surface area contributed by atoms with Gasteiger partial charge in [-0.1, -0.05) is 470 Å². The number of furan rings is 4. The molecule has 24 aromatic rings. The molecule has 28 rings (SSSR count). The fourth-order valence-electron chi connectivity index (χ4n) is 23.0. The number of para-hydroxylation sites is 7. The van der Waals surface area contributed by atoms with E-state index in [0.717, 1.165) is 78.4 Å². The molecule has 6 heteroatoms. The average Bonchev–Trinajstić information content (AvgIpc) is 1.49. The Labute approximate surface area is 843 Å². The Morgan fingerprint density at radius 1 is 0.174 bits per heavy atom. The summed E-state index contributed by atoms with van der Waals surface area (Å²) in [5.41, 5.74) is 31.0. The Balaban J connectivity index is 0.0000000983. The molecule has 2 aliphatic carbocycles. The maximum atomic E-state index is 7.02. The van der Waals surface area contributed by atoms with Crippen molar-refractivity contribution in [2.75, 3.05) is 0 Å². The van der Waals surface area contributed by atoms with Crippen molar-refractivity contribution in [3.63, 3.8) is 0 Å². The minimum absolute atomic E-state index is 0.0363. The standard InChI is InChI=1S/C37H28O.C29H24O.2C20H18O.2C16H16O/c1-36(2,3)25-18-19-29-28-14-8-9-15-30(28)37(33(29)22-25)31-20-16-23-10-4-6-12-26(23)34(31)38-35-27-13-7-5-11-24(27)17-21-32(35)37;1-28(2,3)19-16-17-21-20-10-4-5-11-22(20)29(25(21)18-19)23-12-6-8-14-26(23)30-27-15-9-7-13-24(27)29;1-20(2,3)16-12-13-8-4-5-9-14(13)18-15-10-6-7-11-17(15)21-19(16)18;1-20(2,3)16-10-6-9-15-18-14-8-5-4-7-13(14)11-12-17(18)21-19(15)16;1-16(2,3)13-9-6-8-12-11-7-4-5-10-14(11)17-15(12)13;1-16(2,3)11-8-9-15-13(10-11)12-6-4-5-7-14(12)17-15/h4-22H,1-3H3;4-18H,1-3H3;2*4-12H,1-3H3;2*4-10H,1-3H3. The van der Waals surface area contributed by atoms with Gasteiger partial charge in [0.15, 0.2) is 0 Å². The lowest BCUT2D eigenvalue weighted by molar-refractivity contribution is 0.436. The van der Waals surface area contributed by atoms with E-state index in [-0.39, 0.29) is 37.9 Å². The highest BCUT2D eigenvalue weighted by atomic mass is 16.5.